The number of methoxy groups -OCH3 is 2. The van der Waals surface area contributed by atoms with Crippen molar-refractivity contribution >= 4 is 31.9 Å². The van der Waals surface area contributed by atoms with Gasteiger partial charge in [0.15, 0.2) is 0 Å². The minimum Gasteiger partial charge on any atom is -0.506 e. The van der Waals surface area contributed by atoms with E-state index in [1.165, 1.54) is 0 Å². The fourth-order valence-electron chi connectivity index (χ4n) is 2.46. The monoisotopic (exact) mass is 430 g/mol. The SMILES string of the molecule is COc1cc(Br)c(O)c(-c2c(C)c(OC)cc(Br)c2O)c1C. The van der Waals surface area contributed by atoms with E-state index in [0.29, 0.717) is 31.6 Å². The van der Waals surface area contributed by atoms with Crippen LogP contribution in [0.3, 0.4) is 0 Å². The fraction of sp³-hybridized carbons (Fsp3) is 0.250. The van der Waals surface area contributed by atoms with E-state index in [-0.39, 0.29) is 11.5 Å². The molecule has 0 fully saturated rings. The molecule has 0 amide bonds. The molecule has 22 heavy (non-hydrogen) atoms. The van der Waals surface area contributed by atoms with Crippen LogP contribution in [-0.2, 0) is 0 Å². The molecule has 0 saturated heterocycles. The zero-order valence-corrected chi connectivity index (χ0v) is 15.8. The number of aromatic hydroxyl groups is 2. The van der Waals surface area contributed by atoms with Gasteiger partial charge in [-0.25, -0.2) is 0 Å². The highest BCUT2D eigenvalue weighted by Gasteiger charge is 2.23. The Hall–Kier alpha value is -1.40. The quantitative estimate of drug-likeness (QED) is 0.723. The molecular formula is C16H16Br2O4. The van der Waals surface area contributed by atoms with Crippen molar-refractivity contribution in [2.75, 3.05) is 14.2 Å². The number of rotatable bonds is 3. The Morgan fingerprint density at radius 2 is 1.09 bits per heavy atom. The number of benzene rings is 2. The summed E-state index contributed by atoms with van der Waals surface area (Å²) in [7, 11) is 3.12. The van der Waals surface area contributed by atoms with Crippen LogP contribution in [-0.4, -0.2) is 24.4 Å². The van der Waals surface area contributed by atoms with Crippen LogP contribution in [0, 0.1) is 13.8 Å². The van der Waals surface area contributed by atoms with Crippen LogP contribution in [0.4, 0.5) is 0 Å². The number of ether oxygens (including phenoxy) is 2. The van der Waals surface area contributed by atoms with Gasteiger partial charge in [0.1, 0.15) is 23.0 Å². The first-order valence-electron chi connectivity index (χ1n) is 6.45. The lowest BCUT2D eigenvalue weighted by Crippen LogP contribution is -1.97. The van der Waals surface area contributed by atoms with Gasteiger partial charge in [-0.05, 0) is 57.8 Å². The topological polar surface area (TPSA) is 58.9 Å². The third kappa shape index (κ3) is 2.65. The van der Waals surface area contributed by atoms with Gasteiger partial charge in [0.25, 0.3) is 0 Å². The molecule has 4 nitrogen and oxygen atoms in total. The third-order valence-corrected chi connectivity index (χ3v) is 4.83. The van der Waals surface area contributed by atoms with Gasteiger partial charge in [0.05, 0.1) is 23.2 Å². The minimum atomic E-state index is 0.0388. The van der Waals surface area contributed by atoms with Crippen LogP contribution >= 0.6 is 31.9 Å². The third-order valence-electron chi connectivity index (χ3n) is 3.62. The number of hydrogen-bond acceptors (Lipinski definition) is 4. The van der Waals surface area contributed by atoms with Crippen LogP contribution in [0.15, 0.2) is 21.1 Å². The molecule has 0 radical (unpaired) electrons. The average Bonchev–Trinajstić information content (AvgIpc) is 2.49. The molecular weight excluding hydrogens is 416 g/mol. The van der Waals surface area contributed by atoms with Crippen molar-refractivity contribution in [1.29, 1.82) is 0 Å². The van der Waals surface area contributed by atoms with Crippen LogP contribution in [0.2, 0.25) is 0 Å². The Kier molecular flexibility index (Phi) is 4.92. The predicted octanol–water partition coefficient (Wildman–Crippen LogP) is 4.92. The van der Waals surface area contributed by atoms with Crippen LogP contribution in [0.25, 0.3) is 11.1 Å². The Balaban J connectivity index is 2.94. The lowest BCUT2D eigenvalue weighted by molar-refractivity contribution is 0.406. The van der Waals surface area contributed by atoms with Gasteiger partial charge in [-0.15, -0.1) is 0 Å². The molecule has 0 aromatic heterocycles. The fourth-order valence-corrected chi connectivity index (χ4v) is 3.27. The molecule has 0 aliphatic rings. The van der Waals surface area contributed by atoms with E-state index in [0.717, 1.165) is 11.1 Å². The van der Waals surface area contributed by atoms with E-state index < -0.39 is 0 Å². The van der Waals surface area contributed by atoms with Gasteiger partial charge in [-0.1, -0.05) is 0 Å². The molecule has 0 aliphatic carbocycles. The maximum Gasteiger partial charge on any atom is 0.138 e. The Bertz CT molecular complexity index is 678. The normalized spacial score (nSPS) is 10.6. The largest absolute Gasteiger partial charge is 0.506 e. The molecule has 0 spiro atoms. The highest BCUT2D eigenvalue weighted by molar-refractivity contribution is 9.11. The molecule has 118 valence electrons. The molecule has 6 heteroatoms. The summed E-state index contributed by atoms with van der Waals surface area (Å²) in [4.78, 5) is 0. The molecule has 2 rings (SSSR count). The average molecular weight is 432 g/mol. The highest BCUT2D eigenvalue weighted by Crippen LogP contribution is 2.50. The van der Waals surface area contributed by atoms with E-state index in [1.54, 1.807) is 26.4 Å². The zero-order chi connectivity index (χ0) is 16.6. The predicted molar refractivity (Wildman–Crippen MR) is 93.2 cm³/mol. The van der Waals surface area contributed by atoms with Gasteiger partial charge >= 0.3 is 0 Å². The molecule has 2 N–H and O–H groups in total. The van der Waals surface area contributed by atoms with Crippen molar-refractivity contribution in [3.05, 3.63) is 32.2 Å². The van der Waals surface area contributed by atoms with E-state index in [4.69, 9.17) is 9.47 Å². The van der Waals surface area contributed by atoms with Crippen molar-refractivity contribution in [2.24, 2.45) is 0 Å². The maximum atomic E-state index is 10.5. The molecule has 0 bridgehead atoms. The first-order chi connectivity index (χ1) is 10.3. The van der Waals surface area contributed by atoms with Crippen LogP contribution < -0.4 is 9.47 Å². The van der Waals surface area contributed by atoms with Crippen LogP contribution in [0.5, 0.6) is 23.0 Å². The summed E-state index contributed by atoms with van der Waals surface area (Å²) >= 11 is 6.64. The first kappa shape index (κ1) is 17.0. The Morgan fingerprint density at radius 3 is 1.36 bits per heavy atom. The summed E-state index contributed by atoms with van der Waals surface area (Å²) in [5.74, 6) is 1.29. The first-order valence-corrected chi connectivity index (χ1v) is 8.04. The Labute approximate surface area is 145 Å². The number of halogens is 2. The molecule has 0 saturated carbocycles. The summed E-state index contributed by atoms with van der Waals surface area (Å²) < 4.78 is 11.7. The van der Waals surface area contributed by atoms with Gasteiger partial charge < -0.3 is 19.7 Å². The van der Waals surface area contributed by atoms with E-state index in [1.807, 2.05) is 13.8 Å². The smallest absolute Gasteiger partial charge is 0.138 e. The van der Waals surface area contributed by atoms with E-state index >= 15 is 0 Å². The Morgan fingerprint density at radius 1 is 0.773 bits per heavy atom. The summed E-state index contributed by atoms with van der Waals surface area (Å²) in [6, 6.07) is 3.38. The number of hydrogen-bond donors (Lipinski definition) is 2. The molecule has 0 aliphatic heterocycles. The van der Waals surface area contributed by atoms with Crippen molar-refractivity contribution in [2.45, 2.75) is 13.8 Å². The van der Waals surface area contributed by atoms with Gasteiger partial charge in [-0.2, -0.15) is 0 Å². The summed E-state index contributed by atoms with van der Waals surface area (Å²) in [6.07, 6.45) is 0. The standard InChI is InChI=1S/C16H16Br2O4/c1-7-11(21-3)5-9(17)15(19)13(7)14-8(2)12(22-4)6-10(18)16(14)20/h5-6,19-20H,1-4H3. The van der Waals surface area contributed by atoms with Crippen molar-refractivity contribution < 1.29 is 19.7 Å². The molecule has 0 atom stereocenters. The van der Waals surface area contributed by atoms with Gasteiger partial charge in [0, 0.05) is 22.3 Å². The van der Waals surface area contributed by atoms with Crippen molar-refractivity contribution in [3.8, 4) is 34.1 Å². The summed E-state index contributed by atoms with van der Waals surface area (Å²) in [5, 5.41) is 21.0. The lowest BCUT2D eigenvalue weighted by Gasteiger charge is -2.19. The van der Waals surface area contributed by atoms with E-state index in [9.17, 15) is 10.2 Å². The van der Waals surface area contributed by atoms with Crippen molar-refractivity contribution in [3.63, 3.8) is 0 Å². The second-order valence-electron chi connectivity index (χ2n) is 4.82. The molecule has 2 aromatic rings. The lowest BCUT2D eigenvalue weighted by atomic mass is 9.93. The number of phenols is 2. The maximum absolute atomic E-state index is 10.5. The second kappa shape index (κ2) is 6.38. The van der Waals surface area contributed by atoms with E-state index in [2.05, 4.69) is 31.9 Å². The summed E-state index contributed by atoms with van der Waals surface area (Å²) in [6.45, 7) is 3.65. The second-order valence-corrected chi connectivity index (χ2v) is 6.53. The number of phenolic OH excluding ortho intramolecular Hbond substituents is 2. The summed E-state index contributed by atoms with van der Waals surface area (Å²) in [5.41, 5.74) is 2.45. The van der Waals surface area contributed by atoms with Crippen LogP contribution in [0.1, 0.15) is 11.1 Å². The van der Waals surface area contributed by atoms with Gasteiger partial charge in [-0.3, -0.25) is 0 Å². The zero-order valence-electron chi connectivity index (χ0n) is 12.6. The molecule has 0 heterocycles. The molecule has 0 unspecified atom stereocenters. The van der Waals surface area contributed by atoms with Gasteiger partial charge in [0.2, 0.25) is 0 Å². The highest BCUT2D eigenvalue weighted by atomic mass is 79.9. The molecule has 2 aromatic carbocycles. The minimum absolute atomic E-state index is 0.0388. The van der Waals surface area contributed by atoms with Crippen molar-refractivity contribution in [1.82, 2.24) is 0 Å².